The first-order valence-electron chi connectivity index (χ1n) is 5.32. The van der Waals surface area contributed by atoms with E-state index in [9.17, 15) is 0 Å². The molecule has 2 fully saturated rings. The summed E-state index contributed by atoms with van der Waals surface area (Å²) < 4.78 is 6.10. The fourth-order valence-electron chi connectivity index (χ4n) is 2.06. The van der Waals surface area contributed by atoms with Crippen molar-refractivity contribution in [2.24, 2.45) is 5.92 Å². The van der Waals surface area contributed by atoms with Gasteiger partial charge in [-0.1, -0.05) is 0 Å². The van der Waals surface area contributed by atoms with E-state index in [1.54, 1.807) is 11.3 Å². The highest BCUT2D eigenvalue weighted by molar-refractivity contribution is 7.07. The number of hydrogen-bond donors (Lipinski definition) is 1. The summed E-state index contributed by atoms with van der Waals surface area (Å²) in [5, 5.41) is 7.79. The Labute approximate surface area is 88.3 Å². The maximum absolute atomic E-state index is 6.10. The predicted octanol–water partition coefficient (Wildman–Crippen LogP) is 2.19. The van der Waals surface area contributed by atoms with Crippen molar-refractivity contribution in [2.75, 3.05) is 13.1 Å². The maximum atomic E-state index is 6.10. The number of morpholine rings is 1. The third-order valence-corrected chi connectivity index (χ3v) is 3.78. The molecule has 0 spiro atoms. The van der Waals surface area contributed by atoms with Crippen molar-refractivity contribution in [3.05, 3.63) is 22.4 Å². The highest BCUT2D eigenvalue weighted by Gasteiger charge is 2.35. The highest BCUT2D eigenvalue weighted by Crippen LogP contribution is 2.37. The minimum atomic E-state index is 0.292. The maximum Gasteiger partial charge on any atom is 0.0961 e. The third-order valence-electron chi connectivity index (χ3n) is 3.08. The molecule has 2 atom stereocenters. The van der Waals surface area contributed by atoms with Crippen LogP contribution in [0, 0.1) is 5.92 Å². The van der Waals surface area contributed by atoms with E-state index in [0.717, 1.165) is 19.0 Å². The van der Waals surface area contributed by atoms with E-state index in [1.807, 2.05) is 0 Å². The average molecular weight is 209 g/mol. The first-order valence-corrected chi connectivity index (χ1v) is 6.26. The van der Waals surface area contributed by atoms with E-state index in [-0.39, 0.29) is 0 Å². The molecule has 1 aromatic rings. The van der Waals surface area contributed by atoms with Crippen molar-refractivity contribution >= 4 is 11.3 Å². The molecule has 2 unspecified atom stereocenters. The van der Waals surface area contributed by atoms with Crippen molar-refractivity contribution in [1.82, 2.24) is 5.32 Å². The fraction of sp³-hybridized carbons (Fsp3) is 0.636. The molecule has 0 radical (unpaired) electrons. The van der Waals surface area contributed by atoms with Crippen molar-refractivity contribution in [1.29, 1.82) is 0 Å². The van der Waals surface area contributed by atoms with Crippen LogP contribution in [0.1, 0.15) is 24.5 Å². The van der Waals surface area contributed by atoms with E-state index in [4.69, 9.17) is 4.74 Å². The molecule has 76 valence electrons. The van der Waals surface area contributed by atoms with Gasteiger partial charge in [0.15, 0.2) is 0 Å². The van der Waals surface area contributed by atoms with Crippen molar-refractivity contribution in [2.45, 2.75) is 25.0 Å². The molecule has 0 aromatic carbocycles. The summed E-state index contributed by atoms with van der Waals surface area (Å²) in [6.07, 6.45) is 3.49. The smallest absolute Gasteiger partial charge is 0.0961 e. The van der Waals surface area contributed by atoms with Gasteiger partial charge in [-0.2, -0.15) is 11.3 Å². The molecular weight excluding hydrogens is 194 g/mol. The predicted molar refractivity (Wildman–Crippen MR) is 57.5 cm³/mol. The lowest BCUT2D eigenvalue weighted by molar-refractivity contribution is -0.0491. The molecule has 2 nitrogen and oxygen atoms in total. The van der Waals surface area contributed by atoms with Crippen LogP contribution in [0.5, 0.6) is 0 Å². The molecule has 1 aliphatic carbocycles. The van der Waals surface area contributed by atoms with Crippen LogP contribution in [0.4, 0.5) is 0 Å². The van der Waals surface area contributed by atoms with E-state index in [1.165, 1.54) is 18.4 Å². The number of ether oxygens (including phenoxy) is 1. The van der Waals surface area contributed by atoms with Gasteiger partial charge in [-0.05, 0) is 41.1 Å². The molecule has 0 bridgehead atoms. The lowest BCUT2D eigenvalue weighted by Gasteiger charge is -2.30. The Bertz CT molecular complexity index is 294. The molecule has 1 aromatic heterocycles. The largest absolute Gasteiger partial charge is 0.367 e. The van der Waals surface area contributed by atoms with Crippen molar-refractivity contribution in [3.63, 3.8) is 0 Å². The van der Waals surface area contributed by atoms with Gasteiger partial charge >= 0.3 is 0 Å². The van der Waals surface area contributed by atoms with Gasteiger partial charge in [0.2, 0.25) is 0 Å². The van der Waals surface area contributed by atoms with Crippen LogP contribution >= 0.6 is 11.3 Å². The topological polar surface area (TPSA) is 21.3 Å². The van der Waals surface area contributed by atoms with Crippen LogP contribution in [0.15, 0.2) is 16.8 Å². The van der Waals surface area contributed by atoms with Gasteiger partial charge < -0.3 is 10.1 Å². The number of thiophene rings is 1. The van der Waals surface area contributed by atoms with Crippen LogP contribution in [0.3, 0.4) is 0 Å². The third kappa shape index (κ3) is 1.72. The second kappa shape index (κ2) is 3.65. The zero-order chi connectivity index (χ0) is 9.38. The molecule has 3 heteroatoms. The van der Waals surface area contributed by atoms with Gasteiger partial charge in [0, 0.05) is 13.1 Å². The molecular formula is C11H15NOS. The highest BCUT2D eigenvalue weighted by atomic mass is 32.1. The first-order chi connectivity index (χ1) is 6.93. The van der Waals surface area contributed by atoms with E-state index in [2.05, 4.69) is 22.1 Å². The Morgan fingerprint density at radius 3 is 3.00 bits per heavy atom. The van der Waals surface area contributed by atoms with E-state index >= 15 is 0 Å². The molecule has 1 saturated heterocycles. The van der Waals surface area contributed by atoms with Gasteiger partial charge in [0.05, 0.1) is 12.2 Å². The Morgan fingerprint density at radius 2 is 2.29 bits per heavy atom. The Morgan fingerprint density at radius 1 is 1.36 bits per heavy atom. The molecule has 14 heavy (non-hydrogen) atoms. The average Bonchev–Trinajstić information content (AvgIpc) is 2.94. The summed E-state index contributed by atoms with van der Waals surface area (Å²) >= 11 is 1.75. The van der Waals surface area contributed by atoms with E-state index < -0.39 is 0 Å². The van der Waals surface area contributed by atoms with Gasteiger partial charge in [-0.15, -0.1) is 0 Å². The van der Waals surface area contributed by atoms with Crippen LogP contribution in [0.2, 0.25) is 0 Å². The van der Waals surface area contributed by atoms with Crippen molar-refractivity contribution in [3.8, 4) is 0 Å². The summed E-state index contributed by atoms with van der Waals surface area (Å²) in [5.74, 6) is 0.837. The summed E-state index contributed by atoms with van der Waals surface area (Å²) in [7, 11) is 0. The lowest BCUT2D eigenvalue weighted by Crippen LogP contribution is -2.41. The van der Waals surface area contributed by atoms with Gasteiger partial charge in [0.1, 0.15) is 0 Å². The summed E-state index contributed by atoms with van der Waals surface area (Å²) in [4.78, 5) is 0. The Balaban J connectivity index is 1.69. The monoisotopic (exact) mass is 209 g/mol. The van der Waals surface area contributed by atoms with Crippen LogP contribution in [-0.2, 0) is 4.74 Å². The minimum Gasteiger partial charge on any atom is -0.367 e. The van der Waals surface area contributed by atoms with Crippen LogP contribution in [0.25, 0.3) is 0 Å². The van der Waals surface area contributed by atoms with Gasteiger partial charge in [-0.3, -0.25) is 0 Å². The molecule has 1 aliphatic heterocycles. The zero-order valence-corrected chi connectivity index (χ0v) is 8.93. The quantitative estimate of drug-likeness (QED) is 0.806. The summed E-state index contributed by atoms with van der Waals surface area (Å²) in [5.41, 5.74) is 1.34. The van der Waals surface area contributed by atoms with Crippen molar-refractivity contribution < 1.29 is 4.74 Å². The second-order valence-electron chi connectivity index (χ2n) is 4.22. The number of hydrogen-bond acceptors (Lipinski definition) is 3. The number of nitrogens with one attached hydrogen (secondary N) is 1. The van der Waals surface area contributed by atoms with Gasteiger partial charge in [-0.25, -0.2) is 0 Å². The normalized spacial score (nSPS) is 33.1. The summed E-state index contributed by atoms with van der Waals surface area (Å²) in [6.45, 7) is 2.02. The van der Waals surface area contributed by atoms with Crippen LogP contribution in [-0.4, -0.2) is 19.2 Å². The summed E-state index contributed by atoms with van der Waals surface area (Å²) in [6, 6.07) is 2.17. The lowest BCUT2D eigenvalue weighted by atomic mass is 10.1. The molecule has 3 rings (SSSR count). The minimum absolute atomic E-state index is 0.292. The zero-order valence-electron chi connectivity index (χ0n) is 8.11. The molecule has 0 amide bonds. The molecule has 1 saturated carbocycles. The Kier molecular flexibility index (Phi) is 2.32. The molecule has 1 N–H and O–H groups in total. The van der Waals surface area contributed by atoms with Crippen LogP contribution < -0.4 is 5.32 Å². The van der Waals surface area contributed by atoms with Gasteiger partial charge in [0.25, 0.3) is 0 Å². The first kappa shape index (κ1) is 8.89. The standard InChI is InChI=1S/C11H15NOS/c1-2-8(1)10-5-12-6-11(13-10)9-3-4-14-7-9/h3-4,7-8,10-12H,1-2,5-6H2. The van der Waals surface area contributed by atoms with E-state index in [0.29, 0.717) is 12.2 Å². The Hall–Kier alpha value is -0.380. The number of rotatable bonds is 2. The second-order valence-corrected chi connectivity index (χ2v) is 5.00. The fourth-order valence-corrected chi connectivity index (χ4v) is 2.77. The SMILES string of the molecule is c1cc(C2CNCC(C3CC3)O2)cs1. The molecule has 2 aliphatic rings. The molecule has 2 heterocycles.